The molecule has 0 atom stereocenters. The zero-order chi connectivity index (χ0) is 22.2. The highest BCUT2D eigenvalue weighted by molar-refractivity contribution is 7.17. The second-order valence-corrected chi connectivity index (χ2v) is 8.10. The Labute approximate surface area is 185 Å². The van der Waals surface area contributed by atoms with Crippen LogP contribution in [-0.4, -0.2) is 19.3 Å². The highest BCUT2D eigenvalue weighted by Crippen LogP contribution is 2.20. The van der Waals surface area contributed by atoms with E-state index >= 15 is 0 Å². The van der Waals surface area contributed by atoms with Crippen LogP contribution in [0.3, 0.4) is 0 Å². The first-order valence-corrected chi connectivity index (χ1v) is 10.8. The van der Waals surface area contributed by atoms with Gasteiger partial charge in [-0.2, -0.15) is 4.98 Å². The molecule has 0 saturated carbocycles. The van der Waals surface area contributed by atoms with E-state index in [-0.39, 0.29) is 18.1 Å². The van der Waals surface area contributed by atoms with E-state index in [9.17, 15) is 14.0 Å². The first-order chi connectivity index (χ1) is 15.5. The van der Waals surface area contributed by atoms with E-state index in [0.29, 0.717) is 16.0 Å². The largest absolute Gasteiger partial charge is 0.337 e. The Morgan fingerprint density at radius 2 is 1.78 bits per heavy atom. The van der Waals surface area contributed by atoms with Crippen molar-refractivity contribution < 1.29 is 8.91 Å². The third-order valence-electron chi connectivity index (χ3n) is 5.22. The van der Waals surface area contributed by atoms with Crippen LogP contribution in [0.15, 0.2) is 74.1 Å². The molecule has 5 rings (SSSR count). The molecule has 9 heteroatoms. The zero-order valence-electron chi connectivity index (χ0n) is 17.0. The van der Waals surface area contributed by atoms with Gasteiger partial charge in [-0.25, -0.2) is 13.8 Å². The van der Waals surface area contributed by atoms with Gasteiger partial charge in [-0.05, 0) is 47.7 Å². The molecule has 0 N–H and O–H groups in total. The van der Waals surface area contributed by atoms with Gasteiger partial charge in [0, 0.05) is 5.56 Å². The highest BCUT2D eigenvalue weighted by Gasteiger charge is 2.18. The molecular weight excluding hydrogens is 431 g/mol. The van der Waals surface area contributed by atoms with Crippen molar-refractivity contribution in [2.75, 3.05) is 0 Å². The van der Waals surface area contributed by atoms with Crippen molar-refractivity contribution in [1.29, 1.82) is 0 Å². The molecule has 0 aliphatic heterocycles. The van der Waals surface area contributed by atoms with E-state index in [2.05, 4.69) is 17.1 Å². The van der Waals surface area contributed by atoms with Crippen LogP contribution in [0, 0.1) is 5.82 Å². The molecule has 32 heavy (non-hydrogen) atoms. The minimum atomic E-state index is -0.570. The topological polar surface area (TPSA) is 82.9 Å². The molecule has 0 amide bonds. The van der Waals surface area contributed by atoms with Crippen LogP contribution < -0.4 is 11.2 Å². The van der Waals surface area contributed by atoms with E-state index in [1.807, 2.05) is 24.3 Å². The summed E-state index contributed by atoms with van der Waals surface area (Å²) in [6, 6.07) is 14.8. The van der Waals surface area contributed by atoms with Crippen LogP contribution in [0.5, 0.6) is 0 Å². The van der Waals surface area contributed by atoms with Crippen molar-refractivity contribution in [2.45, 2.75) is 19.9 Å². The minimum absolute atomic E-state index is 0.00636. The first kappa shape index (κ1) is 20.1. The molecule has 3 aromatic heterocycles. The monoisotopic (exact) mass is 448 g/mol. The average molecular weight is 448 g/mol. The van der Waals surface area contributed by atoms with E-state index in [4.69, 9.17) is 4.52 Å². The van der Waals surface area contributed by atoms with Gasteiger partial charge in [0.25, 0.3) is 5.56 Å². The summed E-state index contributed by atoms with van der Waals surface area (Å²) in [6.45, 7) is 2.07. The van der Waals surface area contributed by atoms with Crippen LogP contribution in [-0.2, 0) is 13.0 Å². The predicted molar refractivity (Wildman–Crippen MR) is 120 cm³/mol. The van der Waals surface area contributed by atoms with E-state index in [0.717, 1.165) is 16.6 Å². The Morgan fingerprint density at radius 3 is 2.50 bits per heavy atom. The number of aryl methyl sites for hydroxylation is 1. The molecule has 0 bridgehead atoms. The predicted octanol–water partition coefficient (Wildman–Crippen LogP) is 4.01. The Hall–Kier alpha value is -3.85. The summed E-state index contributed by atoms with van der Waals surface area (Å²) in [6.07, 6.45) is 0.932. The molecule has 0 fully saturated rings. The molecule has 0 aliphatic rings. The number of aromatic nitrogens is 4. The van der Waals surface area contributed by atoms with Crippen molar-refractivity contribution in [2.24, 2.45) is 0 Å². The maximum Gasteiger partial charge on any atom is 0.336 e. The van der Waals surface area contributed by atoms with Gasteiger partial charge < -0.3 is 4.52 Å². The van der Waals surface area contributed by atoms with Crippen LogP contribution in [0.1, 0.15) is 18.4 Å². The number of hydrogen-bond acceptors (Lipinski definition) is 6. The molecule has 5 aromatic rings. The lowest BCUT2D eigenvalue weighted by atomic mass is 10.1. The maximum absolute atomic E-state index is 13.4. The number of hydrogen-bond donors (Lipinski definition) is 0. The number of nitrogens with zero attached hydrogens (tertiary/aromatic N) is 4. The summed E-state index contributed by atoms with van der Waals surface area (Å²) in [5.74, 6) is 0.201. The standard InChI is InChI=1S/C23H17FN4O3S/c1-2-14-3-5-15(6-4-14)21-25-19(31-26-21)13-27-18-11-12-32-20(18)22(29)28(23(27)30)17-9-7-16(24)8-10-17/h3-12H,2,13H2,1H3. The Bertz CT molecular complexity index is 1530. The summed E-state index contributed by atoms with van der Waals surface area (Å²) < 4.78 is 21.6. The summed E-state index contributed by atoms with van der Waals surface area (Å²) in [4.78, 5) is 30.7. The molecule has 160 valence electrons. The van der Waals surface area contributed by atoms with Gasteiger partial charge in [0.1, 0.15) is 17.1 Å². The lowest BCUT2D eigenvalue weighted by Gasteiger charge is -2.10. The van der Waals surface area contributed by atoms with Gasteiger partial charge in [-0.1, -0.05) is 36.3 Å². The van der Waals surface area contributed by atoms with Gasteiger partial charge in [0.05, 0.1) is 11.2 Å². The number of fused-ring (bicyclic) bond motifs is 1. The van der Waals surface area contributed by atoms with Crippen LogP contribution in [0.25, 0.3) is 27.3 Å². The first-order valence-electron chi connectivity index (χ1n) is 9.96. The van der Waals surface area contributed by atoms with Crippen molar-refractivity contribution in [3.8, 4) is 17.1 Å². The fourth-order valence-electron chi connectivity index (χ4n) is 3.52. The molecular formula is C23H17FN4O3S. The zero-order valence-corrected chi connectivity index (χ0v) is 17.8. The third kappa shape index (κ3) is 3.46. The molecule has 2 aromatic carbocycles. The Balaban J connectivity index is 1.58. The van der Waals surface area contributed by atoms with Crippen LogP contribution in [0.4, 0.5) is 4.39 Å². The molecule has 0 unspecified atom stereocenters. The second kappa shape index (κ2) is 8.01. The summed E-state index contributed by atoms with van der Waals surface area (Å²) in [7, 11) is 0. The summed E-state index contributed by atoms with van der Waals surface area (Å²) in [5, 5.41) is 5.78. The van der Waals surface area contributed by atoms with Crippen molar-refractivity contribution in [3.05, 3.63) is 98.1 Å². The lowest BCUT2D eigenvalue weighted by molar-refractivity contribution is 0.370. The number of halogens is 1. The second-order valence-electron chi connectivity index (χ2n) is 7.18. The van der Waals surface area contributed by atoms with Crippen LogP contribution >= 0.6 is 11.3 Å². The average Bonchev–Trinajstić information content (AvgIpc) is 3.48. The number of rotatable bonds is 5. The van der Waals surface area contributed by atoms with Crippen molar-refractivity contribution in [3.63, 3.8) is 0 Å². The quantitative estimate of drug-likeness (QED) is 0.406. The molecule has 0 saturated heterocycles. The van der Waals surface area contributed by atoms with E-state index in [1.54, 1.807) is 11.4 Å². The molecule has 7 nitrogen and oxygen atoms in total. The normalized spacial score (nSPS) is 11.3. The third-order valence-corrected chi connectivity index (χ3v) is 6.11. The maximum atomic E-state index is 13.4. The fourth-order valence-corrected chi connectivity index (χ4v) is 4.34. The summed E-state index contributed by atoms with van der Waals surface area (Å²) >= 11 is 1.23. The molecule has 0 radical (unpaired) electrons. The van der Waals surface area contributed by atoms with Crippen molar-refractivity contribution in [1.82, 2.24) is 19.3 Å². The van der Waals surface area contributed by atoms with Gasteiger partial charge in [0.15, 0.2) is 0 Å². The van der Waals surface area contributed by atoms with Gasteiger partial charge >= 0.3 is 5.69 Å². The smallest absolute Gasteiger partial charge is 0.336 e. The lowest BCUT2D eigenvalue weighted by Crippen LogP contribution is -2.38. The minimum Gasteiger partial charge on any atom is -0.337 e. The van der Waals surface area contributed by atoms with Gasteiger partial charge in [-0.15, -0.1) is 11.3 Å². The number of thiophene rings is 1. The van der Waals surface area contributed by atoms with Gasteiger partial charge in [-0.3, -0.25) is 9.36 Å². The van der Waals surface area contributed by atoms with Crippen LogP contribution in [0.2, 0.25) is 0 Å². The SMILES string of the molecule is CCc1ccc(-c2noc(Cn3c(=O)n(-c4ccc(F)cc4)c(=O)c4sccc43)n2)cc1. The van der Waals surface area contributed by atoms with E-state index < -0.39 is 17.1 Å². The van der Waals surface area contributed by atoms with E-state index in [1.165, 1.54) is 45.7 Å². The number of benzene rings is 2. The molecule has 3 heterocycles. The molecule has 0 spiro atoms. The van der Waals surface area contributed by atoms with Crippen molar-refractivity contribution >= 4 is 21.6 Å². The summed E-state index contributed by atoms with van der Waals surface area (Å²) in [5.41, 5.74) is 1.75. The van der Waals surface area contributed by atoms with Gasteiger partial charge in [0.2, 0.25) is 11.7 Å². The Kier molecular flexibility index (Phi) is 5.02. The fraction of sp³-hybridized carbons (Fsp3) is 0.130. The highest BCUT2D eigenvalue weighted by atomic mass is 32.1. The Morgan fingerprint density at radius 1 is 1.03 bits per heavy atom. The molecule has 0 aliphatic carbocycles.